The van der Waals surface area contributed by atoms with Gasteiger partial charge in [0.05, 0.1) is 6.20 Å². The molecule has 2 rings (SSSR count). The number of hydrogen-bond acceptors (Lipinski definition) is 3. The summed E-state index contributed by atoms with van der Waals surface area (Å²) in [7, 11) is 0. The standard InChI is InChI=1S/C9H13N4/c1-6(2)7-5-12-9-8(10)11-3-4-13(7)9/h3-7H,1-2H3,(H2,10,11)/q+1. The van der Waals surface area contributed by atoms with Gasteiger partial charge in [0.15, 0.2) is 12.3 Å². The Morgan fingerprint density at radius 1 is 1.54 bits per heavy atom. The molecule has 1 aliphatic heterocycles. The molecule has 2 heterocycles. The maximum Gasteiger partial charge on any atom is 0.366 e. The fourth-order valence-corrected chi connectivity index (χ4v) is 1.53. The number of fused-ring (bicyclic) bond motifs is 1. The fourth-order valence-electron chi connectivity index (χ4n) is 1.53. The molecule has 0 bridgehead atoms. The van der Waals surface area contributed by atoms with E-state index >= 15 is 0 Å². The molecule has 1 unspecified atom stereocenters. The minimum atomic E-state index is 0.320. The molecular formula is C9H13N4+. The molecule has 0 fully saturated rings. The normalized spacial score (nSPS) is 19.5. The summed E-state index contributed by atoms with van der Waals surface area (Å²) in [6, 6.07) is 0.320. The lowest BCUT2D eigenvalue weighted by atomic mass is 10.1. The minimum absolute atomic E-state index is 0.320. The topological polar surface area (TPSA) is 55.1 Å². The predicted octanol–water partition coefficient (Wildman–Crippen LogP) is 0.864. The third kappa shape index (κ3) is 1.18. The molecule has 13 heavy (non-hydrogen) atoms. The molecule has 2 N–H and O–H groups in total. The molecule has 1 aliphatic rings. The summed E-state index contributed by atoms with van der Waals surface area (Å²) >= 11 is 0. The van der Waals surface area contributed by atoms with Crippen LogP contribution in [0.4, 0.5) is 11.6 Å². The number of nitrogens with zero attached hydrogens (tertiary/aromatic N) is 3. The van der Waals surface area contributed by atoms with Crippen LogP contribution in [0.25, 0.3) is 0 Å². The molecule has 1 aromatic heterocycles. The average Bonchev–Trinajstić information content (AvgIpc) is 2.48. The van der Waals surface area contributed by atoms with Crippen molar-refractivity contribution in [1.29, 1.82) is 0 Å². The monoisotopic (exact) mass is 177 g/mol. The Balaban J connectivity index is 2.49. The van der Waals surface area contributed by atoms with Gasteiger partial charge >= 0.3 is 5.82 Å². The summed E-state index contributed by atoms with van der Waals surface area (Å²) in [4.78, 5) is 8.24. The molecule has 0 radical (unpaired) electrons. The highest BCUT2D eigenvalue weighted by Crippen LogP contribution is 2.23. The molecule has 0 saturated heterocycles. The van der Waals surface area contributed by atoms with Gasteiger partial charge in [-0.2, -0.15) is 0 Å². The molecule has 0 amide bonds. The molecule has 68 valence electrons. The Kier molecular flexibility index (Phi) is 1.76. The minimum Gasteiger partial charge on any atom is -0.377 e. The van der Waals surface area contributed by atoms with Crippen LogP contribution in [0.2, 0.25) is 0 Å². The Labute approximate surface area is 77.1 Å². The van der Waals surface area contributed by atoms with Gasteiger partial charge in [0, 0.05) is 5.92 Å². The summed E-state index contributed by atoms with van der Waals surface area (Å²) in [5.74, 6) is 1.81. The second-order valence-electron chi connectivity index (χ2n) is 3.56. The van der Waals surface area contributed by atoms with E-state index < -0.39 is 0 Å². The number of aliphatic imine (C=N–C) groups is 1. The smallest absolute Gasteiger partial charge is 0.366 e. The third-order valence-electron chi connectivity index (χ3n) is 2.27. The van der Waals surface area contributed by atoms with Crippen molar-refractivity contribution in [2.45, 2.75) is 19.9 Å². The molecule has 0 saturated carbocycles. The molecule has 1 aromatic rings. The first-order valence-corrected chi connectivity index (χ1v) is 4.40. The van der Waals surface area contributed by atoms with Crippen LogP contribution in [0.3, 0.4) is 0 Å². The van der Waals surface area contributed by atoms with Crippen LogP contribution in [-0.4, -0.2) is 11.2 Å². The zero-order valence-electron chi connectivity index (χ0n) is 7.81. The van der Waals surface area contributed by atoms with Crippen LogP contribution >= 0.6 is 0 Å². The number of nitrogen functional groups attached to an aromatic ring is 1. The van der Waals surface area contributed by atoms with Gasteiger partial charge in [0.2, 0.25) is 5.82 Å². The Morgan fingerprint density at radius 3 is 3.00 bits per heavy atom. The lowest BCUT2D eigenvalue weighted by Crippen LogP contribution is -2.40. The van der Waals surface area contributed by atoms with E-state index in [1.165, 1.54) is 0 Å². The van der Waals surface area contributed by atoms with Crippen molar-refractivity contribution in [2.24, 2.45) is 10.9 Å². The molecule has 4 nitrogen and oxygen atoms in total. The highest BCUT2D eigenvalue weighted by Gasteiger charge is 2.31. The molecule has 0 aromatic carbocycles. The van der Waals surface area contributed by atoms with Crippen LogP contribution < -0.4 is 10.3 Å². The fraction of sp³-hybridized carbons (Fsp3) is 0.444. The van der Waals surface area contributed by atoms with Crippen molar-refractivity contribution in [2.75, 3.05) is 5.73 Å². The van der Waals surface area contributed by atoms with Gasteiger partial charge in [0.1, 0.15) is 6.20 Å². The Hall–Kier alpha value is -1.45. The molecule has 4 heteroatoms. The van der Waals surface area contributed by atoms with Gasteiger partial charge in [-0.05, 0) is 4.99 Å². The summed E-state index contributed by atoms with van der Waals surface area (Å²) in [5, 5.41) is 0. The van der Waals surface area contributed by atoms with Crippen molar-refractivity contribution < 1.29 is 4.57 Å². The highest BCUT2D eigenvalue weighted by atomic mass is 15.2. The van der Waals surface area contributed by atoms with Crippen LogP contribution in [0, 0.1) is 5.92 Å². The van der Waals surface area contributed by atoms with Crippen LogP contribution in [0.1, 0.15) is 19.9 Å². The van der Waals surface area contributed by atoms with Gasteiger partial charge in [0.25, 0.3) is 0 Å². The summed E-state index contributed by atoms with van der Waals surface area (Å²) in [5.41, 5.74) is 5.69. The molecule has 0 aliphatic carbocycles. The lowest BCUT2D eigenvalue weighted by molar-refractivity contribution is -0.694. The van der Waals surface area contributed by atoms with E-state index in [9.17, 15) is 0 Å². The first kappa shape index (κ1) is 8.16. The summed E-state index contributed by atoms with van der Waals surface area (Å²) in [6.45, 7) is 4.32. The lowest BCUT2D eigenvalue weighted by Gasteiger charge is -2.09. The van der Waals surface area contributed by atoms with Crippen molar-refractivity contribution in [3.8, 4) is 0 Å². The Morgan fingerprint density at radius 2 is 2.31 bits per heavy atom. The predicted molar refractivity (Wildman–Crippen MR) is 50.9 cm³/mol. The zero-order valence-corrected chi connectivity index (χ0v) is 7.81. The van der Waals surface area contributed by atoms with Crippen molar-refractivity contribution in [3.05, 3.63) is 12.4 Å². The van der Waals surface area contributed by atoms with E-state index in [2.05, 4.69) is 28.4 Å². The van der Waals surface area contributed by atoms with Gasteiger partial charge in [-0.15, -0.1) is 0 Å². The number of aromatic nitrogens is 2. The van der Waals surface area contributed by atoms with Crippen molar-refractivity contribution >= 4 is 17.9 Å². The number of hydrogen-bond donors (Lipinski definition) is 1. The van der Waals surface area contributed by atoms with E-state index in [1.54, 1.807) is 6.20 Å². The molecule has 1 atom stereocenters. The zero-order chi connectivity index (χ0) is 9.42. The number of nitrogens with two attached hydrogens (primary N) is 1. The van der Waals surface area contributed by atoms with Crippen LogP contribution in [-0.2, 0) is 0 Å². The largest absolute Gasteiger partial charge is 0.377 e. The third-order valence-corrected chi connectivity index (χ3v) is 2.27. The molecular weight excluding hydrogens is 164 g/mol. The van der Waals surface area contributed by atoms with E-state index in [4.69, 9.17) is 5.73 Å². The van der Waals surface area contributed by atoms with E-state index in [0.29, 0.717) is 17.8 Å². The highest BCUT2D eigenvalue weighted by molar-refractivity contribution is 5.70. The number of anilines is 1. The van der Waals surface area contributed by atoms with E-state index in [0.717, 1.165) is 5.82 Å². The summed E-state index contributed by atoms with van der Waals surface area (Å²) in [6.07, 6.45) is 5.56. The summed E-state index contributed by atoms with van der Waals surface area (Å²) < 4.78 is 2.06. The van der Waals surface area contributed by atoms with E-state index in [1.807, 2.05) is 12.4 Å². The van der Waals surface area contributed by atoms with Crippen molar-refractivity contribution in [1.82, 2.24) is 4.98 Å². The SMILES string of the molecule is CC(C)C1C=Nc2c(N)ncc[n+]21. The maximum atomic E-state index is 5.69. The van der Waals surface area contributed by atoms with Gasteiger partial charge in [-0.1, -0.05) is 13.8 Å². The first-order chi connectivity index (χ1) is 6.20. The molecule has 0 spiro atoms. The van der Waals surface area contributed by atoms with Gasteiger partial charge < -0.3 is 5.73 Å². The van der Waals surface area contributed by atoms with E-state index in [-0.39, 0.29) is 0 Å². The van der Waals surface area contributed by atoms with Crippen molar-refractivity contribution in [3.63, 3.8) is 0 Å². The van der Waals surface area contributed by atoms with Gasteiger partial charge in [-0.25, -0.2) is 9.55 Å². The first-order valence-electron chi connectivity index (χ1n) is 4.40. The van der Waals surface area contributed by atoms with Crippen LogP contribution in [0.15, 0.2) is 17.4 Å². The average molecular weight is 177 g/mol. The van der Waals surface area contributed by atoms with Crippen LogP contribution in [0.5, 0.6) is 0 Å². The second kappa shape index (κ2) is 2.80. The Bertz CT molecular complexity index is 357. The number of rotatable bonds is 1. The van der Waals surface area contributed by atoms with Gasteiger partial charge in [-0.3, -0.25) is 0 Å². The maximum absolute atomic E-state index is 5.69. The quantitative estimate of drug-likeness (QED) is 0.647. The second-order valence-corrected chi connectivity index (χ2v) is 3.56.